The average molecular weight is 442 g/mol. The highest BCUT2D eigenvalue weighted by molar-refractivity contribution is 5.84. The number of nitrogens with one attached hydrogen (secondary N) is 1. The minimum absolute atomic E-state index is 0.00552. The Kier molecular flexibility index (Phi) is 9.16. The number of methoxy groups -OCH3 is 1. The van der Waals surface area contributed by atoms with Crippen molar-refractivity contribution in [2.45, 2.75) is 58.2 Å². The van der Waals surface area contributed by atoms with Crippen LogP contribution < -0.4 is 5.32 Å². The third-order valence-electron chi connectivity index (χ3n) is 5.82. The summed E-state index contributed by atoms with van der Waals surface area (Å²) < 4.78 is 10.9. The van der Waals surface area contributed by atoms with Crippen molar-refractivity contribution in [2.75, 3.05) is 26.8 Å². The van der Waals surface area contributed by atoms with Crippen molar-refractivity contribution in [3.8, 4) is 0 Å². The van der Waals surface area contributed by atoms with Crippen LogP contribution in [0.5, 0.6) is 0 Å². The number of ether oxygens (including phenoxy) is 1. The van der Waals surface area contributed by atoms with Gasteiger partial charge < -0.3 is 24.3 Å². The lowest BCUT2D eigenvalue weighted by Crippen LogP contribution is -2.50. The van der Waals surface area contributed by atoms with E-state index >= 15 is 0 Å². The second kappa shape index (κ2) is 12.3. The van der Waals surface area contributed by atoms with E-state index in [1.165, 1.54) is 6.42 Å². The maximum absolute atomic E-state index is 13.4. The number of amides is 3. The lowest BCUT2D eigenvalue weighted by molar-refractivity contribution is -0.133. The fourth-order valence-electron chi connectivity index (χ4n) is 4.02. The SMILES string of the molecule is COCCN(CC(=O)N(Cc1ccccc1)Cc1ccc(C)o1)C(=O)NC1CCCCC1. The predicted octanol–water partition coefficient (Wildman–Crippen LogP) is 4.11. The summed E-state index contributed by atoms with van der Waals surface area (Å²) in [6.45, 7) is 3.41. The fourth-order valence-corrected chi connectivity index (χ4v) is 4.02. The molecule has 0 bridgehead atoms. The lowest BCUT2D eigenvalue weighted by Gasteiger charge is -2.30. The van der Waals surface area contributed by atoms with Crippen molar-refractivity contribution in [3.05, 3.63) is 59.5 Å². The molecule has 0 aliphatic heterocycles. The Bertz CT molecular complexity index is 846. The molecule has 3 amide bonds. The van der Waals surface area contributed by atoms with Gasteiger partial charge in [-0.05, 0) is 37.5 Å². The van der Waals surface area contributed by atoms with Crippen LogP contribution in [0.25, 0.3) is 0 Å². The van der Waals surface area contributed by atoms with Crippen LogP contribution in [0.4, 0.5) is 4.79 Å². The van der Waals surface area contributed by atoms with E-state index in [1.54, 1.807) is 16.9 Å². The van der Waals surface area contributed by atoms with Gasteiger partial charge in [-0.15, -0.1) is 0 Å². The smallest absolute Gasteiger partial charge is 0.318 e. The molecule has 0 atom stereocenters. The molecule has 32 heavy (non-hydrogen) atoms. The molecule has 1 N–H and O–H groups in total. The largest absolute Gasteiger partial charge is 0.464 e. The number of furan rings is 1. The highest BCUT2D eigenvalue weighted by atomic mass is 16.5. The first kappa shape index (κ1) is 23.9. The number of aryl methyl sites for hydroxylation is 1. The molecule has 1 aromatic carbocycles. The number of benzene rings is 1. The van der Waals surface area contributed by atoms with Crippen molar-refractivity contribution >= 4 is 11.9 Å². The van der Waals surface area contributed by atoms with Gasteiger partial charge in [0.15, 0.2) is 0 Å². The van der Waals surface area contributed by atoms with Gasteiger partial charge in [0, 0.05) is 26.2 Å². The molecule has 1 aliphatic carbocycles. The number of nitrogens with zero attached hydrogens (tertiary/aromatic N) is 2. The molecular formula is C25H35N3O4. The number of hydrogen-bond acceptors (Lipinski definition) is 4. The summed E-state index contributed by atoms with van der Waals surface area (Å²) in [6.07, 6.45) is 5.48. The van der Waals surface area contributed by atoms with E-state index in [-0.39, 0.29) is 24.5 Å². The molecule has 7 nitrogen and oxygen atoms in total. The molecule has 1 aromatic heterocycles. The van der Waals surface area contributed by atoms with Crippen molar-refractivity contribution in [1.29, 1.82) is 0 Å². The predicted molar refractivity (Wildman–Crippen MR) is 123 cm³/mol. The molecule has 0 spiro atoms. The van der Waals surface area contributed by atoms with Crippen molar-refractivity contribution in [3.63, 3.8) is 0 Å². The molecule has 1 fully saturated rings. The zero-order valence-electron chi connectivity index (χ0n) is 19.2. The first-order valence-electron chi connectivity index (χ1n) is 11.5. The van der Waals surface area contributed by atoms with Crippen LogP contribution in [-0.2, 0) is 22.6 Å². The molecule has 1 heterocycles. The molecule has 174 valence electrons. The maximum atomic E-state index is 13.4. The average Bonchev–Trinajstić information content (AvgIpc) is 3.22. The maximum Gasteiger partial charge on any atom is 0.318 e. The van der Waals surface area contributed by atoms with Gasteiger partial charge in [0.25, 0.3) is 0 Å². The standard InChI is InChI=1S/C25H35N3O4/c1-20-13-14-23(32-20)18-28(17-21-9-5-3-6-10-21)24(29)19-27(15-16-31-2)25(30)26-22-11-7-4-8-12-22/h3,5-6,9-10,13-14,22H,4,7-8,11-12,15-19H2,1-2H3,(H,26,30). The molecular weight excluding hydrogens is 406 g/mol. The van der Waals surface area contributed by atoms with E-state index < -0.39 is 0 Å². The van der Waals surface area contributed by atoms with Gasteiger partial charge in [-0.2, -0.15) is 0 Å². The number of rotatable bonds is 10. The van der Waals surface area contributed by atoms with Crippen LogP contribution in [0.1, 0.15) is 49.2 Å². The van der Waals surface area contributed by atoms with E-state index in [0.717, 1.165) is 42.8 Å². The fraction of sp³-hybridized carbons (Fsp3) is 0.520. The van der Waals surface area contributed by atoms with Crippen LogP contribution in [0.15, 0.2) is 46.9 Å². The van der Waals surface area contributed by atoms with Crippen LogP contribution >= 0.6 is 0 Å². The Morgan fingerprint density at radius 2 is 1.78 bits per heavy atom. The zero-order valence-corrected chi connectivity index (χ0v) is 19.2. The number of hydrogen-bond donors (Lipinski definition) is 1. The summed E-state index contributed by atoms with van der Waals surface area (Å²) in [4.78, 5) is 29.6. The van der Waals surface area contributed by atoms with E-state index in [4.69, 9.17) is 9.15 Å². The Balaban J connectivity index is 1.69. The first-order valence-corrected chi connectivity index (χ1v) is 11.5. The van der Waals surface area contributed by atoms with Crippen LogP contribution in [0.3, 0.4) is 0 Å². The van der Waals surface area contributed by atoms with Gasteiger partial charge in [0.05, 0.1) is 13.2 Å². The summed E-state index contributed by atoms with van der Waals surface area (Å²) in [7, 11) is 1.60. The topological polar surface area (TPSA) is 75.0 Å². The Hall–Kier alpha value is -2.80. The number of carbonyl (C=O) groups excluding carboxylic acids is 2. The van der Waals surface area contributed by atoms with Crippen LogP contribution in [0, 0.1) is 6.92 Å². The normalized spacial score (nSPS) is 14.2. The number of carbonyl (C=O) groups is 2. The quantitative estimate of drug-likeness (QED) is 0.602. The highest BCUT2D eigenvalue weighted by Crippen LogP contribution is 2.18. The summed E-state index contributed by atoms with van der Waals surface area (Å²) in [5, 5.41) is 3.12. The third kappa shape index (κ3) is 7.41. The van der Waals surface area contributed by atoms with Crippen LogP contribution in [0.2, 0.25) is 0 Å². The Labute approximate surface area is 190 Å². The molecule has 0 radical (unpaired) electrons. The minimum atomic E-state index is -0.198. The summed E-state index contributed by atoms with van der Waals surface area (Å²) in [5.41, 5.74) is 1.03. The van der Waals surface area contributed by atoms with Crippen LogP contribution in [-0.4, -0.2) is 54.6 Å². The second-order valence-corrected chi connectivity index (χ2v) is 8.45. The molecule has 3 rings (SSSR count). The summed E-state index contributed by atoms with van der Waals surface area (Å²) in [5.74, 6) is 1.40. The van der Waals surface area contributed by atoms with E-state index in [1.807, 2.05) is 49.4 Å². The molecule has 7 heteroatoms. The lowest BCUT2D eigenvalue weighted by atomic mass is 9.96. The van der Waals surface area contributed by atoms with Gasteiger partial charge in [0.2, 0.25) is 5.91 Å². The van der Waals surface area contributed by atoms with Crippen molar-refractivity contribution in [1.82, 2.24) is 15.1 Å². The van der Waals surface area contributed by atoms with Gasteiger partial charge in [-0.1, -0.05) is 49.6 Å². The number of urea groups is 1. The zero-order chi connectivity index (χ0) is 22.8. The van der Waals surface area contributed by atoms with Crippen molar-refractivity contribution in [2.24, 2.45) is 0 Å². The van der Waals surface area contributed by atoms with Gasteiger partial charge in [-0.3, -0.25) is 4.79 Å². The first-order chi connectivity index (χ1) is 15.5. The Morgan fingerprint density at radius 1 is 1.03 bits per heavy atom. The highest BCUT2D eigenvalue weighted by Gasteiger charge is 2.24. The molecule has 1 saturated carbocycles. The van der Waals surface area contributed by atoms with E-state index in [9.17, 15) is 9.59 Å². The van der Waals surface area contributed by atoms with Gasteiger partial charge in [0.1, 0.15) is 18.1 Å². The van der Waals surface area contributed by atoms with Gasteiger partial charge in [-0.25, -0.2) is 4.79 Å². The summed E-state index contributed by atoms with van der Waals surface area (Å²) in [6, 6.07) is 13.6. The van der Waals surface area contributed by atoms with Gasteiger partial charge >= 0.3 is 6.03 Å². The second-order valence-electron chi connectivity index (χ2n) is 8.45. The van der Waals surface area contributed by atoms with E-state index in [0.29, 0.717) is 26.2 Å². The molecule has 0 unspecified atom stereocenters. The third-order valence-corrected chi connectivity index (χ3v) is 5.82. The van der Waals surface area contributed by atoms with E-state index in [2.05, 4.69) is 5.32 Å². The monoisotopic (exact) mass is 441 g/mol. The van der Waals surface area contributed by atoms with Crippen molar-refractivity contribution < 1.29 is 18.7 Å². The minimum Gasteiger partial charge on any atom is -0.464 e. The molecule has 1 aliphatic rings. The Morgan fingerprint density at radius 3 is 2.44 bits per heavy atom. The molecule has 0 saturated heterocycles. The molecule has 2 aromatic rings. The summed E-state index contributed by atoms with van der Waals surface area (Å²) >= 11 is 0.